The average molecular weight is 300 g/mol. The Morgan fingerprint density at radius 1 is 1.33 bits per heavy atom. The number of hydrogen-bond acceptors (Lipinski definition) is 4. The number of hydrogen-bond donors (Lipinski definition) is 2. The number of aromatic nitrogens is 1. The smallest absolute Gasteiger partial charge is 0.290 e. The summed E-state index contributed by atoms with van der Waals surface area (Å²) in [7, 11) is 0. The molecule has 1 aliphatic carbocycles. The molecule has 0 atom stereocenters. The third-order valence-electron chi connectivity index (χ3n) is 2.81. The van der Waals surface area contributed by atoms with Crippen LogP contribution in [0.5, 0.6) is 0 Å². The van der Waals surface area contributed by atoms with Gasteiger partial charge in [-0.15, -0.1) is 0 Å². The van der Waals surface area contributed by atoms with Crippen molar-refractivity contribution in [2.24, 2.45) is 4.99 Å². The molecule has 1 radical (unpaired) electrons. The van der Waals surface area contributed by atoms with Gasteiger partial charge in [0.15, 0.2) is 0 Å². The maximum atomic E-state index is 8.47. The fourth-order valence-corrected chi connectivity index (χ4v) is 3.00. The van der Waals surface area contributed by atoms with Gasteiger partial charge in [0.25, 0.3) is 0 Å². The molecule has 0 spiro atoms. The molecule has 0 saturated heterocycles. The van der Waals surface area contributed by atoms with E-state index in [4.69, 9.17) is 5.21 Å². The number of fused-ring (bicyclic) bond motifs is 3. The molecular weight excluding hydrogens is 289 g/mol. The SMILES string of the molecule is ON/C=N\c1nc2c(s1)CCc1ccccc1-2.[Mn+2]. The van der Waals surface area contributed by atoms with E-state index in [1.165, 1.54) is 22.3 Å². The standard InChI is InChI=1S/C12H11N3OS.Mn/c16-14-7-13-12-15-11-9-4-2-1-3-8(9)5-6-10(11)17-12;/h1-4,7,16H,5-6H2,(H,13,14,15);/q;+2. The number of nitrogens with one attached hydrogen (secondary N) is 1. The Kier molecular flexibility index (Phi) is 4.14. The van der Waals surface area contributed by atoms with E-state index in [2.05, 4.69) is 28.2 Å². The number of nitrogens with zero attached hydrogens (tertiary/aromatic N) is 2. The van der Waals surface area contributed by atoms with Crippen molar-refractivity contribution in [3.63, 3.8) is 0 Å². The van der Waals surface area contributed by atoms with Crippen LogP contribution < -0.4 is 5.48 Å². The van der Waals surface area contributed by atoms with E-state index in [1.807, 2.05) is 11.5 Å². The Balaban J connectivity index is 0.00000120. The Labute approximate surface area is 119 Å². The van der Waals surface area contributed by atoms with Crippen molar-refractivity contribution < 1.29 is 22.3 Å². The van der Waals surface area contributed by atoms with Crippen LogP contribution in [0.1, 0.15) is 10.4 Å². The largest absolute Gasteiger partial charge is 2.00 e. The van der Waals surface area contributed by atoms with Crippen LogP contribution in [0.3, 0.4) is 0 Å². The minimum absolute atomic E-state index is 0. The van der Waals surface area contributed by atoms with Gasteiger partial charge in [-0.25, -0.2) is 9.98 Å². The monoisotopic (exact) mass is 300 g/mol. The Morgan fingerprint density at radius 2 is 2.17 bits per heavy atom. The second-order valence-corrected chi connectivity index (χ2v) is 4.87. The Hall–Kier alpha value is -1.20. The van der Waals surface area contributed by atoms with Gasteiger partial charge in [-0.3, -0.25) is 10.7 Å². The molecule has 1 heterocycles. The number of aryl methyl sites for hydroxylation is 2. The summed E-state index contributed by atoms with van der Waals surface area (Å²) in [5.74, 6) is 0. The van der Waals surface area contributed by atoms with Gasteiger partial charge in [-0.05, 0) is 18.4 Å². The maximum absolute atomic E-state index is 8.47. The van der Waals surface area contributed by atoms with Crippen molar-refractivity contribution in [3.8, 4) is 11.3 Å². The van der Waals surface area contributed by atoms with Crippen molar-refractivity contribution in [3.05, 3.63) is 34.7 Å². The molecule has 18 heavy (non-hydrogen) atoms. The van der Waals surface area contributed by atoms with E-state index >= 15 is 0 Å². The summed E-state index contributed by atoms with van der Waals surface area (Å²) >= 11 is 1.58. The number of thiazole rings is 1. The van der Waals surface area contributed by atoms with Crippen LogP contribution in [0, 0.1) is 0 Å². The van der Waals surface area contributed by atoms with Crippen molar-refractivity contribution in [1.29, 1.82) is 0 Å². The fraction of sp³-hybridized carbons (Fsp3) is 0.167. The van der Waals surface area contributed by atoms with E-state index in [9.17, 15) is 0 Å². The summed E-state index contributed by atoms with van der Waals surface area (Å²) in [6.07, 6.45) is 3.31. The summed E-state index contributed by atoms with van der Waals surface area (Å²) in [4.78, 5) is 9.80. The molecule has 1 aromatic carbocycles. The van der Waals surface area contributed by atoms with Crippen molar-refractivity contribution in [2.45, 2.75) is 12.8 Å². The summed E-state index contributed by atoms with van der Waals surface area (Å²) in [6.45, 7) is 0. The van der Waals surface area contributed by atoms with Gasteiger partial charge in [-0.1, -0.05) is 35.6 Å². The van der Waals surface area contributed by atoms with E-state index in [-0.39, 0.29) is 17.1 Å². The van der Waals surface area contributed by atoms with Gasteiger partial charge in [0, 0.05) is 10.4 Å². The van der Waals surface area contributed by atoms with Gasteiger partial charge >= 0.3 is 17.1 Å². The average Bonchev–Trinajstić information content (AvgIpc) is 2.79. The summed E-state index contributed by atoms with van der Waals surface area (Å²) in [5, 5.41) is 9.14. The molecule has 2 aromatic rings. The van der Waals surface area contributed by atoms with E-state index in [1.54, 1.807) is 11.3 Å². The molecule has 1 aliphatic rings. The van der Waals surface area contributed by atoms with Crippen LogP contribution >= 0.6 is 11.3 Å². The second kappa shape index (κ2) is 5.63. The summed E-state index contributed by atoms with van der Waals surface area (Å²) < 4.78 is 0. The molecule has 0 saturated carbocycles. The fourth-order valence-electron chi connectivity index (χ4n) is 2.08. The third kappa shape index (κ3) is 2.33. The van der Waals surface area contributed by atoms with Gasteiger partial charge in [0.1, 0.15) is 6.34 Å². The minimum Gasteiger partial charge on any atom is -0.290 e. The normalized spacial score (nSPS) is 12.7. The quantitative estimate of drug-likeness (QED) is 0.388. The predicted molar refractivity (Wildman–Crippen MR) is 68.0 cm³/mol. The number of aliphatic imine (C=N–C) groups is 1. The van der Waals surface area contributed by atoms with Crippen LogP contribution in [0.4, 0.5) is 5.13 Å². The van der Waals surface area contributed by atoms with Crippen LogP contribution in [0.25, 0.3) is 11.3 Å². The number of benzene rings is 1. The Morgan fingerprint density at radius 3 is 3.00 bits per heavy atom. The Bertz CT molecular complexity index is 582. The van der Waals surface area contributed by atoms with Crippen LogP contribution in [0.15, 0.2) is 29.3 Å². The maximum Gasteiger partial charge on any atom is 2.00 e. The first kappa shape index (κ1) is 13.2. The first-order valence-electron chi connectivity index (χ1n) is 5.38. The number of rotatable bonds is 2. The second-order valence-electron chi connectivity index (χ2n) is 3.81. The van der Waals surface area contributed by atoms with Crippen molar-refractivity contribution >= 4 is 22.8 Å². The molecule has 0 amide bonds. The van der Waals surface area contributed by atoms with Crippen molar-refractivity contribution in [2.75, 3.05) is 0 Å². The van der Waals surface area contributed by atoms with Gasteiger partial charge in [0.05, 0.1) is 5.69 Å². The molecule has 2 N–H and O–H groups in total. The van der Waals surface area contributed by atoms with E-state index < -0.39 is 0 Å². The molecule has 6 heteroatoms. The summed E-state index contributed by atoms with van der Waals surface area (Å²) in [6, 6.07) is 8.34. The predicted octanol–water partition coefficient (Wildman–Crippen LogP) is 2.54. The van der Waals surface area contributed by atoms with E-state index in [0.717, 1.165) is 18.5 Å². The van der Waals surface area contributed by atoms with Gasteiger partial charge in [-0.2, -0.15) is 0 Å². The topological polar surface area (TPSA) is 57.5 Å². The molecule has 1 aromatic heterocycles. The molecular formula is C12H11MnN3OS+2. The van der Waals surface area contributed by atoms with Gasteiger partial charge < -0.3 is 0 Å². The summed E-state index contributed by atoms with van der Waals surface area (Å²) in [5.41, 5.74) is 5.49. The molecule has 0 fully saturated rings. The molecule has 0 unspecified atom stereocenters. The molecule has 0 aliphatic heterocycles. The molecule has 4 nitrogen and oxygen atoms in total. The molecule has 3 rings (SSSR count). The number of hydroxylamine groups is 1. The molecule has 0 bridgehead atoms. The third-order valence-corrected chi connectivity index (χ3v) is 3.84. The zero-order valence-electron chi connectivity index (χ0n) is 9.43. The first-order valence-corrected chi connectivity index (χ1v) is 6.20. The zero-order valence-corrected chi connectivity index (χ0v) is 11.4. The van der Waals surface area contributed by atoms with Crippen LogP contribution in [0.2, 0.25) is 0 Å². The molecule has 91 valence electrons. The van der Waals surface area contributed by atoms with Crippen molar-refractivity contribution in [1.82, 2.24) is 10.5 Å². The first-order chi connectivity index (χ1) is 8.38. The van der Waals surface area contributed by atoms with Gasteiger partial charge in [0.2, 0.25) is 5.13 Å². The minimum atomic E-state index is 0. The van der Waals surface area contributed by atoms with Crippen LogP contribution in [-0.4, -0.2) is 16.5 Å². The zero-order chi connectivity index (χ0) is 11.7. The van der Waals surface area contributed by atoms with Crippen LogP contribution in [-0.2, 0) is 29.9 Å². The van der Waals surface area contributed by atoms with E-state index in [0.29, 0.717) is 5.13 Å².